The summed E-state index contributed by atoms with van der Waals surface area (Å²) < 4.78 is 0.0585. The van der Waals surface area contributed by atoms with Crippen LogP contribution in [0.25, 0.3) is 6.08 Å². The van der Waals surface area contributed by atoms with E-state index in [-0.39, 0.29) is 27.1 Å². The number of carbonyl (C=O) groups is 3. The molecule has 26 heavy (non-hydrogen) atoms. The standard InChI is InChI=1S/C17H14ClNO5S2/c18-11(8-10-4-2-1-3-5-10)9-13-15(22)19(17(25)26-13)12(16(23)24)6-7-14(20)21/h1-5,8-9,12H,6-7H2,(H,20,21)(H,23,24)/b11-8-,13-9+/t12-/m0/s1. The molecule has 0 aliphatic carbocycles. The van der Waals surface area contributed by atoms with Crippen molar-refractivity contribution in [3.8, 4) is 0 Å². The normalized spacial score (nSPS) is 17.7. The van der Waals surface area contributed by atoms with Crippen LogP contribution in [0.4, 0.5) is 0 Å². The molecule has 1 aromatic carbocycles. The van der Waals surface area contributed by atoms with Gasteiger partial charge in [0.1, 0.15) is 10.4 Å². The SMILES string of the molecule is O=C(O)CC[C@@H](C(=O)O)N1C(=O)/C(=C\C(Cl)=C\c2ccccc2)SC1=S. The van der Waals surface area contributed by atoms with Crippen LogP contribution in [0.2, 0.25) is 0 Å². The number of carboxylic acids is 2. The van der Waals surface area contributed by atoms with Gasteiger partial charge >= 0.3 is 11.9 Å². The first-order chi connectivity index (χ1) is 12.3. The van der Waals surface area contributed by atoms with Crippen molar-refractivity contribution >= 4 is 63.8 Å². The number of amides is 1. The summed E-state index contributed by atoms with van der Waals surface area (Å²) in [6.07, 6.45) is 2.46. The highest BCUT2D eigenvalue weighted by molar-refractivity contribution is 8.26. The largest absolute Gasteiger partial charge is 0.481 e. The zero-order valence-electron chi connectivity index (χ0n) is 13.3. The number of rotatable bonds is 7. The molecule has 0 saturated carbocycles. The Kier molecular flexibility index (Phi) is 6.96. The molecular weight excluding hydrogens is 398 g/mol. The van der Waals surface area contributed by atoms with E-state index in [1.807, 2.05) is 30.3 Å². The van der Waals surface area contributed by atoms with Gasteiger partial charge in [0.2, 0.25) is 0 Å². The summed E-state index contributed by atoms with van der Waals surface area (Å²) >= 11 is 12.2. The van der Waals surface area contributed by atoms with Crippen LogP contribution in [0.5, 0.6) is 0 Å². The van der Waals surface area contributed by atoms with Crippen molar-refractivity contribution < 1.29 is 24.6 Å². The van der Waals surface area contributed by atoms with Gasteiger partial charge in [0, 0.05) is 11.5 Å². The van der Waals surface area contributed by atoms with Gasteiger partial charge in [-0.3, -0.25) is 14.5 Å². The monoisotopic (exact) mass is 411 g/mol. The minimum Gasteiger partial charge on any atom is -0.481 e. The lowest BCUT2D eigenvalue weighted by atomic mass is 10.1. The Bertz CT molecular complexity index is 807. The highest BCUT2D eigenvalue weighted by Crippen LogP contribution is 2.35. The van der Waals surface area contributed by atoms with E-state index >= 15 is 0 Å². The Hall–Kier alpha value is -2.16. The molecule has 1 aliphatic rings. The maximum atomic E-state index is 12.5. The number of allylic oxidation sites excluding steroid dienone is 2. The molecule has 1 saturated heterocycles. The summed E-state index contributed by atoms with van der Waals surface area (Å²) in [4.78, 5) is 35.8. The highest BCUT2D eigenvalue weighted by atomic mass is 35.5. The quantitative estimate of drug-likeness (QED) is 0.524. The Morgan fingerprint density at radius 3 is 2.50 bits per heavy atom. The van der Waals surface area contributed by atoms with Crippen molar-refractivity contribution in [2.24, 2.45) is 0 Å². The van der Waals surface area contributed by atoms with Gasteiger partial charge in [0.05, 0.1) is 4.91 Å². The molecular formula is C17H14ClNO5S2. The van der Waals surface area contributed by atoms with Crippen LogP contribution >= 0.6 is 35.6 Å². The average Bonchev–Trinajstić information content (AvgIpc) is 2.83. The summed E-state index contributed by atoms with van der Waals surface area (Å²) in [5.74, 6) is -3.06. The lowest BCUT2D eigenvalue weighted by Crippen LogP contribution is -2.44. The second-order valence-electron chi connectivity index (χ2n) is 5.28. The van der Waals surface area contributed by atoms with E-state index in [2.05, 4.69) is 0 Å². The molecule has 2 N–H and O–H groups in total. The predicted octanol–water partition coefficient (Wildman–Crippen LogP) is 3.33. The minimum atomic E-state index is -1.33. The minimum absolute atomic E-state index is 0.0585. The first-order valence-corrected chi connectivity index (χ1v) is 9.03. The second-order valence-corrected chi connectivity index (χ2v) is 7.39. The van der Waals surface area contributed by atoms with Gasteiger partial charge in [-0.1, -0.05) is 65.9 Å². The fraction of sp³-hybridized carbons (Fsp3) is 0.176. The molecule has 0 bridgehead atoms. The zero-order valence-corrected chi connectivity index (χ0v) is 15.7. The van der Waals surface area contributed by atoms with Crippen molar-refractivity contribution in [2.75, 3.05) is 0 Å². The van der Waals surface area contributed by atoms with Gasteiger partial charge in [-0.05, 0) is 24.1 Å². The van der Waals surface area contributed by atoms with Gasteiger partial charge in [0.15, 0.2) is 0 Å². The number of halogens is 1. The average molecular weight is 412 g/mol. The second kappa shape index (κ2) is 8.98. The van der Waals surface area contributed by atoms with E-state index in [0.717, 1.165) is 22.2 Å². The third kappa shape index (κ3) is 5.17. The molecule has 1 aliphatic heterocycles. The zero-order chi connectivity index (χ0) is 19.3. The third-order valence-corrected chi connectivity index (χ3v) is 4.97. The van der Waals surface area contributed by atoms with E-state index < -0.39 is 23.9 Å². The van der Waals surface area contributed by atoms with Gasteiger partial charge < -0.3 is 10.2 Å². The van der Waals surface area contributed by atoms with Crippen LogP contribution in [0, 0.1) is 0 Å². The number of benzene rings is 1. The Morgan fingerprint density at radius 2 is 1.92 bits per heavy atom. The lowest BCUT2D eigenvalue weighted by molar-refractivity contribution is -0.146. The first kappa shape index (κ1) is 20.2. The number of hydrogen-bond acceptors (Lipinski definition) is 5. The maximum Gasteiger partial charge on any atom is 0.326 e. The summed E-state index contributed by atoms with van der Waals surface area (Å²) in [6, 6.07) is 7.90. The van der Waals surface area contributed by atoms with E-state index in [9.17, 15) is 19.5 Å². The third-order valence-electron chi connectivity index (χ3n) is 3.43. The van der Waals surface area contributed by atoms with Gasteiger partial charge in [-0.2, -0.15) is 0 Å². The molecule has 1 heterocycles. The molecule has 1 amide bonds. The topological polar surface area (TPSA) is 94.9 Å². The summed E-state index contributed by atoms with van der Waals surface area (Å²) in [7, 11) is 0. The summed E-state index contributed by atoms with van der Waals surface area (Å²) in [5, 5.41) is 18.4. The van der Waals surface area contributed by atoms with E-state index in [1.165, 1.54) is 6.08 Å². The number of thioether (sulfide) groups is 1. The van der Waals surface area contributed by atoms with Crippen molar-refractivity contribution in [1.29, 1.82) is 0 Å². The van der Waals surface area contributed by atoms with Gasteiger partial charge in [0.25, 0.3) is 5.91 Å². The first-order valence-electron chi connectivity index (χ1n) is 7.43. The van der Waals surface area contributed by atoms with Crippen LogP contribution < -0.4 is 0 Å². The fourth-order valence-electron chi connectivity index (χ4n) is 2.25. The maximum absolute atomic E-state index is 12.5. The molecule has 2 rings (SSSR count). The van der Waals surface area contributed by atoms with Crippen LogP contribution in [0.3, 0.4) is 0 Å². The fourth-order valence-corrected chi connectivity index (χ4v) is 3.89. The molecule has 1 fully saturated rings. The smallest absolute Gasteiger partial charge is 0.326 e. The van der Waals surface area contributed by atoms with Crippen LogP contribution in [-0.2, 0) is 14.4 Å². The van der Waals surface area contributed by atoms with Crippen LogP contribution in [0.1, 0.15) is 18.4 Å². The molecule has 9 heteroatoms. The molecule has 6 nitrogen and oxygen atoms in total. The summed E-state index contributed by atoms with van der Waals surface area (Å²) in [5.41, 5.74) is 0.842. The van der Waals surface area contributed by atoms with Gasteiger partial charge in [-0.25, -0.2) is 4.79 Å². The number of carbonyl (C=O) groups excluding carboxylic acids is 1. The Morgan fingerprint density at radius 1 is 1.27 bits per heavy atom. The highest BCUT2D eigenvalue weighted by Gasteiger charge is 2.40. The summed E-state index contributed by atoms with van der Waals surface area (Å²) in [6.45, 7) is 0. The van der Waals surface area contributed by atoms with E-state index in [4.69, 9.17) is 28.9 Å². The number of thiocarbonyl (C=S) groups is 1. The van der Waals surface area contributed by atoms with Gasteiger partial charge in [-0.15, -0.1) is 0 Å². The predicted molar refractivity (Wildman–Crippen MR) is 104 cm³/mol. The Balaban J connectivity index is 2.22. The number of hydrogen-bond donors (Lipinski definition) is 2. The van der Waals surface area contributed by atoms with Crippen molar-refractivity contribution in [1.82, 2.24) is 4.90 Å². The van der Waals surface area contributed by atoms with Crippen molar-refractivity contribution in [3.63, 3.8) is 0 Å². The molecule has 0 radical (unpaired) electrons. The molecule has 1 atom stereocenters. The van der Waals surface area contributed by atoms with E-state index in [0.29, 0.717) is 0 Å². The van der Waals surface area contributed by atoms with Crippen LogP contribution in [-0.4, -0.2) is 43.3 Å². The van der Waals surface area contributed by atoms with Crippen molar-refractivity contribution in [2.45, 2.75) is 18.9 Å². The van der Waals surface area contributed by atoms with Crippen molar-refractivity contribution in [3.05, 3.63) is 51.9 Å². The number of nitrogens with zero attached hydrogens (tertiary/aromatic N) is 1. The number of carboxylic acid groups (broad SMARTS) is 2. The molecule has 0 aromatic heterocycles. The van der Waals surface area contributed by atoms with Crippen LogP contribution in [0.15, 0.2) is 46.3 Å². The van der Waals surface area contributed by atoms with E-state index in [1.54, 1.807) is 6.08 Å². The molecule has 0 spiro atoms. The number of aliphatic carboxylic acids is 2. The molecule has 0 unspecified atom stereocenters. The lowest BCUT2D eigenvalue weighted by Gasteiger charge is -2.22. The Labute approximate surface area is 164 Å². The molecule has 1 aromatic rings. The molecule has 136 valence electrons.